The first-order chi connectivity index (χ1) is 13.2. The van der Waals surface area contributed by atoms with Crippen LogP contribution in [0.2, 0.25) is 5.02 Å². The molecule has 1 fully saturated rings. The number of piperidine rings is 1. The number of carbonyl (C=O) groups is 1. The summed E-state index contributed by atoms with van der Waals surface area (Å²) in [6.45, 7) is 3.67. The molecule has 1 aromatic carbocycles. The van der Waals surface area contributed by atoms with Crippen LogP contribution in [0.1, 0.15) is 19.8 Å². The maximum atomic E-state index is 12.1. The molecule has 0 N–H and O–H groups in total. The molecule has 0 radical (unpaired) electrons. The molecule has 3 heterocycles. The van der Waals surface area contributed by atoms with Gasteiger partial charge in [-0.2, -0.15) is 5.10 Å². The maximum absolute atomic E-state index is 12.1. The van der Waals surface area contributed by atoms with Crippen molar-refractivity contribution in [3.8, 4) is 5.69 Å². The lowest BCUT2D eigenvalue weighted by molar-refractivity contribution is -0.148. The topological polar surface area (TPSA) is 73.1 Å². The van der Waals surface area contributed by atoms with Crippen LogP contribution in [0.25, 0.3) is 16.7 Å². The van der Waals surface area contributed by atoms with Gasteiger partial charge in [-0.25, -0.2) is 14.6 Å². The fourth-order valence-corrected chi connectivity index (χ4v) is 3.60. The second kappa shape index (κ2) is 7.52. The van der Waals surface area contributed by atoms with Crippen LogP contribution in [0.5, 0.6) is 0 Å². The van der Waals surface area contributed by atoms with Gasteiger partial charge in [0.15, 0.2) is 5.65 Å². The van der Waals surface area contributed by atoms with Crippen LogP contribution in [0.15, 0.2) is 36.8 Å². The summed E-state index contributed by atoms with van der Waals surface area (Å²) >= 11 is 5.98. The zero-order valence-corrected chi connectivity index (χ0v) is 15.8. The van der Waals surface area contributed by atoms with Crippen LogP contribution in [0, 0.1) is 5.92 Å². The minimum Gasteiger partial charge on any atom is -0.466 e. The van der Waals surface area contributed by atoms with Crippen LogP contribution >= 0.6 is 11.6 Å². The number of benzene rings is 1. The van der Waals surface area contributed by atoms with E-state index >= 15 is 0 Å². The molecule has 0 amide bonds. The average molecular weight is 386 g/mol. The SMILES string of the molecule is CCOC(=O)[C@@H]1CCCN(c2ncnc3c2cnn3-c2ccc(Cl)cc2)C1. The lowest BCUT2D eigenvalue weighted by Gasteiger charge is -2.32. The van der Waals surface area contributed by atoms with E-state index in [1.807, 2.05) is 31.2 Å². The first-order valence-corrected chi connectivity index (χ1v) is 9.41. The first-order valence-electron chi connectivity index (χ1n) is 9.03. The Morgan fingerprint density at radius 3 is 2.89 bits per heavy atom. The highest BCUT2D eigenvalue weighted by Crippen LogP contribution is 2.29. The Morgan fingerprint density at radius 1 is 1.30 bits per heavy atom. The molecule has 0 unspecified atom stereocenters. The van der Waals surface area contributed by atoms with E-state index in [-0.39, 0.29) is 11.9 Å². The molecule has 3 aromatic rings. The molecular formula is C19H20ClN5O2. The largest absolute Gasteiger partial charge is 0.466 e. The molecule has 0 aliphatic carbocycles. The summed E-state index contributed by atoms with van der Waals surface area (Å²) in [6, 6.07) is 7.44. The molecule has 0 spiro atoms. The first kappa shape index (κ1) is 17.7. The molecule has 1 aliphatic rings. The van der Waals surface area contributed by atoms with Gasteiger partial charge in [-0.05, 0) is 44.0 Å². The van der Waals surface area contributed by atoms with Gasteiger partial charge < -0.3 is 9.64 Å². The average Bonchev–Trinajstić information content (AvgIpc) is 3.13. The Kier molecular flexibility index (Phi) is 4.94. The molecule has 7 nitrogen and oxygen atoms in total. The standard InChI is InChI=1S/C19H20ClN5O2/c1-2-27-19(26)13-4-3-9-24(11-13)17-16-10-23-25(18(16)22-12-21-17)15-7-5-14(20)6-8-15/h5-8,10,12-13H,2-4,9,11H2,1H3/t13-/m1/s1. The number of halogens is 1. The molecule has 140 valence electrons. The third-order valence-corrected chi connectivity index (χ3v) is 5.01. The normalized spacial score (nSPS) is 17.3. The maximum Gasteiger partial charge on any atom is 0.310 e. The number of ether oxygens (including phenoxy) is 1. The zero-order valence-electron chi connectivity index (χ0n) is 15.0. The minimum absolute atomic E-state index is 0.130. The summed E-state index contributed by atoms with van der Waals surface area (Å²) in [6.07, 6.45) is 5.07. The second-order valence-electron chi connectivity index (χ2n) is 6.50. The Balaban J connectivity index is 1.67. The van der Waals surface area contributed by atoms with Crippen LogP contribution in [0.3, 0.4) is 0 Å². The van der Waals surface area contributed by atoms with Crippen molar-refractivity contribution in [3.05, 3.63) is 41.8 Å². The van der Waals surface area contributed by atoms with Crippen molar-refractivity contribution in [1.82, 2.24) is 19.7 Å². The number of nitrogens with zero attached hydrogens (tertiary/aromatic N) is 5. The molecule has 2 aromatic heterocycles. The van der Waals surface area contributed by atoms with Crippen LogP contribution in [-0.2, 0) is 9.53 Å². The molecule has 0 saturated carbocycles. The fraction of sp³-hybridized carbons (Fsp3) is 0.368. The van der Waals surface area contributed by atoms with E-state index in [9.17, 15) is 4.79 Å². The summed E-state index contributed by atoms with van der Waals surface area (Å²) in [5, 5.41) is 6.02. The van der Waals surface area contributed by atoms with Gasteiger partial charge in [0, 0.05) is 18.1 Å². The van der Waals surface area contributed by atoms with E-state index in [4.69, 9.17) is 16.3 Å². The van der Waals surface area contributed by atoms with Gasteiger partial charge in [-0.15, -0.1) is 0 Å². The summed E-state index contributed by atoms with van der Waals surface area (Å²) in [4.78, 5) is 23.2. The van der Waals surface area contributed by atoms with Gasteiger partial charge in [0.1, 0.15) is 12.1 Å². The lowest BCUT2D eigenvalue weighted by atomic mass is 9.98. The molecule has 4 rings (SSSR count). The number of fused-ring (bicyclic) bond motifs is 1. The predicted molar refractivity (Wildman–Crippen MR) is 103 cm³/mol. The molecule has 1 saturated heterocycles. The molecule has 8 heteroatoms. The molecule has 1 aliphatic heterocycles. The number of hydrogen-bond acceptors (Lipinski definition) is 6. The summed E-state index contributed by atoms with van der Waals surface area (Å²) in [5.74, 6) is 0.536. The van der Waals surface area contributed by atoms with Crippen molar-refractivity contribution in [2.75, 3.05) is 24.6 Å². The number of hydrogen-bond donors (Lipinski definition) is 0. The van der Waals surface area contributed by atoms with E-state index in [1.165, 1.54) is 0 Å². The van der Waals surface area contributed by atoms with E-state index in [0.717, 1.165) is 41.9 Å². The monoisotopic (exact) mass is 385 g/mol. The van der Waals surface area contributed by atoms with Crippen molar-refractivity contribution < 1.29 is 9.53 Å². The molecule has 0 bridgehead atoms. The van der Waals surface area contributed by atoms with Crippen LogP contribution in [-0.4, -0.2) is 45.4 Å². The number of aromatic nitrogens is 4. The van der Waals surface area contributed by atoms with Gasteiger partial charge in [0.25, 0.3) is 0 Å². The van der Waals surface area contributed by atoms with E-state index < -0.39 is 0 Å². The number of esters is 1. The summed E-state index contributed by atoms with van der Waals surface area (Å²) in [7, 11) is 0. The number of carbonyl (C=O) groups excluding carboxylic acids is 1. The van der Waals surface area contributed by atoms with E-state index in [0.29, 0.717) is 18.2 Å². The van der Waals surface area contributed by atoms with E-state index in [2.05, 4.69) is 20.0 Å². The summed E-state index contributed by atoms with van der Waals surface area (Å²) in [5.41, 5.74) is 1.60. The number of rotatable bonds is 4. The van der Waals surface area contributed by atoms with Gasteiger partial charge in [0.2, 0.25) is 0 Å². The van der Waals surface area contributed by atoms with Crippen molar-refractivity contribution in [3.63, 3.8) is 0 Å². The van der Waals surface area contributed by atoms with Gasteiger partial charge >= 0.3 is 5.97 Å². The molecular weight excluding hydrogens is 366 g/mol. The van der Waals surface area contributed by atoms with Gasteiger partial charge in [0.05, 0.1) is 29.8 Å². The van der Waals surface area contributed by atoms with Crippen molar-refractivity contribution >= 4 is 34.4 Å². The Labute approximate surface area is 161 Å². The van der Waals surface area contributed by atoms with Gasteiger partial charge in [-0.3, -0.25) is 4.79 Å². The summed E-state index contributed by atoms with van der Waals surface area (Å²) < 4.78 is 6.97. The quantitative estimate of drug-likeness (QED) is 0.642. The Bertz CT molecular complexity index is 956. The third kappa shape index (κ3) is 3.47. The van der Waals surface area contributed by atoms with Crippen LogP contribution in [0.4, 0.5) is 5.82 Å². The molecule has 27 heavy (non-hydrogen) atoms. The van der Waals surface area contributed by atoms with Gasteiger partial charge in [-0.1, -0.05) is 11.6 Å². The predicted octanol–water partition coefficient (Wildman–Crippen LogP) is 3.25. The minimum atomic E-state index is -0.135. The molecule has 1 atom stereocenters. The smallest absolute Gasteiger partial charge is 0.310 e. The fourth-order valence-electron chi connectivity index (χ4n) is 3.48. The Hall–Kier alpha value is -2.67. The Morgan fingerprint density at radius 2 is 2.11 bits per heavy atom. The second-order valence-corrected chi connectivity index (χ2v) is 6.94. The highest BCUT2D eigenvalue weighted by Gasteiger charge is 2.28. The van der Waals surface area contributed by atoms with Crippen molar-refractivity contribution in [1.29, 1.82) is 0 Å². The van der Waals surface area contributed by atoms with Crippen molar-refractivity contribution in [2.24, 2.45) is 5.92 Å². The zero-order chi connectivity index (χ0) is 18.8. The highest BCUT2D eigenvalue weighted by molar-refractivity contribution is 6.30. The number of anilines is 1. The lowest BCUT2D eigenvalue weighted by Crippen LogP contribution is -2.40. The van der Waals surface area contributed by atoms with E-state index in [1.54, 1.807) is 17.2 Å². The third-order valence-electron chi connectivity index (χ3n) is 4.76. The van der Waals surface area contributed by atoms with Crippen LogP contribution < -0.4 is 4.90 Å². The highest BCUT2D eigenvalue weighted by atomic mass is 35.5. The van der Waals surface area contributed by atoms with Crippen molar-refractivity contribution in [2.45, 2.75) is 19.8 Å².